The molecule has 1 aromatic heterocycles. The predicted octanol–water partition coefficient (Wildman–Crippen LogP) is 1.86. The van der Waals surface area contributed by atoms with Gasteiger partial charge in [-0.3, -0.25) is 9.48 Å². The number of carbonyl (C=O) groups excluding carboxylic acids is 1. The van der Waals surface area contributed by atoms with E-state index in [4.69, 9.17) is 5.11 Å². The van der Waals surface area contributed by atoms with E-state index in [1.807, 2.05) is 27.8 Å². The third kappa shape index (κ3) is 4.34. The van der Waals surface area contributed by atoms with Crippen molar-refractivity contribution in [3.8, 4) is 0 Å². The lowest BCUT2D eigenvalue weighted by Crippen LogP contribution is -2.31. The number of carbonyl (C=O) groups is 1. The normalized spacial score (nSPS) is 13.3. The number of nitrogens with one attached hydrogen (secondary N) is 1. The molecule has 5 nitrogen and oxygen atoms in total. The van der Waals surface area contributed by atoms with E-state index in [0.717, 1.165) is 18.5 Å². The minimum Gasteiger partial charge on any atom is -0.396 e. The van der Waals surface area contributed by atoms with Crippen molar-refractivity contribution in [3.05, 3.63) is 17.5 Å². The van der Waals surface area contributed by atoms with Gasteiger partial charge in [0.15, 0.2) is 0 Å². The molecular formula is C15H27N3O2. The van der Waals surface area contributed by atoms with E-state index in [0.29, 0.717) is 18.0 Å². The van der Waals surface area contributed by atoms with Gasteiger partial charge in [0.1, 0.15) is 0 Å². The first-order chi connectivity index (χ1) is 9.29. The molecule has 2 N–H and O–H groups in total. The fraction of sp³-hybridized carbons (Fsp3) is 0.733. The summed E-state index contributed by atoms with van der Waals surface area (Å²) in [6, 6.07) is 0. The highest BCUT2D eigenvalue weighted by atomic mass is 16.3. The molecule has 0 radical (unpaired) electrons. The summed E-state index contributed by atoms with van der Waals surface area (Å²) in [6.45, 7) is 8.96. The van der Waals surface area contributed by atoms with Crippen LogP contribution in [-0.4, -0.2) is 33.9 Å². The van der Waals surface area contributed by atoms with Gasteiger partial charge in [0.25, 0.3) is 5.91 Å². The van der Waals surface area contributed by atoms with Crippen molar-refractivity contribution in [2.75, 3.05) is 13.2 Å². The first-order valence-corrected chi connectivity index (χ1v) is 7.22. The first-order valence-electron chi connectivity index (χ1n) is 7.22. The largest absolute Gasteiger partial charge is 0.396 e. The molecule has 1 aromatic rings. The van der Waals surface area contributed by atoms with Gasteiger partial charge >= 0.3 is 0 Å². The van der Waals surface area contributed by atoms with Crippen LogP contribution in [0.2, 0.25) is 0 Å². The van der Waals surface area contributed by atoms with Gasteiger partial charge in [-0.1, -0.05) is 34.1 Å². The molecule has 0 aromatic carbocycles. The van der Waals surface area contributed by atoms with Gasteiger partial charge in [0.2, 0.25) is 0 Å². The standard InChI is InChI=1S/C15H27N3O2/c1-6-11(7-8-19)9-16-14(20)12-10-18(5)17-13(12)15(2,3)4/h10-11,19H,6-9H2,1-5H3,(H,16,20). The SMILES string of the molecule is CCC(CCO)CNC(=O)c1cn(C)nc1C(C)(C)C. The summed E-state index contributed by atoms with van der Waals surface area (Å²) in [5.74, 6) is 0.234. The molecule has 0 saturated carbocycles. The van der Waals surface area contributed by atoms with Crippen molar-refractivity contribution < 1.29 is 9.90 Å². The molecule has 0 aliphatic heterocycles. The second kappa shape index (κ2) is 6.88. The fourth-order valence-electron chi connectivity index (χ4n) is 2.17. The van der Waals surface area contributed by atoms with E-state index in [1.165, 1.54) is 0 Å². The summed E-state index contributed by atoms with van der Waals surface area (Å²) >= 11 is 0. The molecule has 0 bridgehead atoms. The second-order valence-corrected chi connectivity index (χ2v) is 6.31. The number of aromatic nitrogens is 2. The molecule has 20 heavy (non-hydrogen) atoms. The van der Waals surface area contributed by atoms with Gasteiger partial charge in [-0.25, -0.2) is 0 Å². The lowest BCUT2D eigenvalue weighted by atomic mass is 9.89. The molecule has 1 amide bonds. The zero-order valence-electron chi connectivity index (χ0n) is 13.2. The van der Waals surface area contributed by atoms with Crippen LogP contribution in [0, 0.1) is 5.92 Å². The molecule has 114 valence electrons. The maximum Gasteiger partial charge on any atom is 0.254 e. The highest BCUT2D eigenvalue weighted by Crippen LogP contribution is 2.24. The maximum atomic E-state index is 12.3. The molecule has 1 atom stereocenters. The van der Waals surface area contributed by atoms with E-state index >= 15 is 0 Å². The zero-order chi connectivity index (χ0) is 15.3. The molecule has 1 unspecified atom stereocenters. The maximum absolute atomic E-state index is 12.3. The second-order valence-electron chi connectivity index (χ2n) is 6.31. The van der Waals surface area contributed by atoms with E-state index < -0.39 is 0 Å². The Labute approximate surface area is 121 Å². The molecule has 0 aliphatic rings. The van der Waals surface area contributed by atoms with Crippen molar-refractivity contribution >= 4 is 5.91 Å². The van der Waals surface area contributed by atoms with Crippen LogP contribution in [0.4, 0.5) is 0 Å². The molecule has 0 spiro atoms. The Morgan fingerprint density at radius 2 is 2.15 bits per heavy atom. The Bertz CT molecular complexity index is 446. The minimum atomic E-state index is -0.164. The number of aryl methyl sites for hydroxylation is 1. The lowest BCUT2D eigenvalue weighted by Gasteiger charge is -2.18. The smallest absolute Gasteiger partial charge is 0.254 e. The predicted molar refractivity (Wildman–Crippen MR) is 79.7 cm³/mol. The van der Waals surface area contributed by atoms with E-state index in [-0.39, 0.29) is 17.9 Å². The van der Waals surface area contributed by atoms with Crippen LogP contribution in [0.25, 0.3) is 0 Å². The summed E-state index contributed by atoms with van der Waals surface area (Å²) in [5, 5.41) is 16.3. The monoisotopic (exact) mass is 281 g/mol. The van der Waals surface area contributed by atoms with Crippen LogP contribution in [0.15, 0.2) is 6.20 Å². The van der Waals surface area contributed by atoms with Crippen molar-refractivity contribution in [2.24, 2.45) is 13.0 Å². The van der Waals surface area contributed by atoms with Crippen molar-refractivity contribution in [3.63, 3.8) is 0 Å². The Hall–Kier alpha value is -1.36. The Balaban J connectivity index is 2.78. The van der Waals surface area contributed by atoms with Crippen LogP contribution in [0.5, 0.6) is 0 Å². The topological polar surface area (TPSA) is 67.2 Å². The average Bonchev–Trinajstić information content (AvgIpc) is 2.76. The number of amides is 1. The van der Waals surface area contributed by atoms with E-state index in [1.54, 1.807) is 10.9 Å². The van der Waals surface area contributed by atoms with Crippen molar-refractivity contribution in [1.82, 2.24) is 15.1 Å². The van der Waals surface area contributed by atoms with Crippen LogP contribution in [-0.2, 0) is 12.5 Å². The minimum absolute atomic E-state index is 0.0839. The Morgan fingerprint density at radius 3 is 2.65 bits per heavy atom. The van der Waals surface area contributed by atoms with Gasteiger partial charge in [-0.05, 0) is 12.3 Å². The number of nitrogens with zero attached hydrogens (tertiary/aromatic N) is 2. The number of aliphatic hydroxyl groups is 1. The van der Waals surface area contributed by atoms with Crippen molar-refractivity contribution in [2.45, 2.75) is 46.0 Å². The quantitative estimate of drug-likeness (QED) is 0.836. The fourth-order valence-corrected chi connectivity index (χ4v) is 2.17. The Morgan fingerprint density at radius 1 is 1.50 bits per heavy atom. The number of aliphatic hydroxyl groups excluding tert-OH is 1. The molecule has 0 fully saturated rings. The molecule has 1 heterocycles. The third-order valence-electron chi connectivity index (χ3n) is 3.45. The summed E-state index contributed by atoms with van der Waals surface area (Å²) < 4.78 is 1.68. The summed E-state index contributed by atoms with van der Waals surface area (Å²) in [5.41, 5.74) is 1.29. The van der Waals surface area contributed by atoms with E-state index in [9.17, 15) is 4.79 Å². The van der Waals surface area contributed by atoms with Crippen LogP contribution in [0.1, 0.15) is 56.6 Å². The zero-order valence-corrected chi connectivity index (χ0v) is 13.2. The highest BCUT2D eigenvalue weighted by Gasteiger charge is 2.25. The number of hydrogen-bond donors (Lipinski definition) is 2. The molecular weight excluding hydrogens is 254 g/mol. The van der Waals surface area contributed by atoms with Gasteiger partial charge in [0.05, 0.1) is 11.3 Å². The summed E-state index contributed by atoms with van der Waals surface area (Å²) in [4.78, 5) is 12.3. The summed E-state index contributed by atoms with van der Waals surface area (Å²) in [6.07, 6.45) is 3.43. The van der Waals surface area contributed by atoms with Gasteiger partial charge < -0.3 is 10.4 Å². The highest BCUT2D eigenvalue weighted by molar-refractivity contribution is 5.95. The molecule has 1 rings (SSSR count). The van der Waals surface area contributed by atoms with E-state index in [2.05, 4.69) is 17.3 Å². The molecule has 0 aliphatic carbocycles. The van der Waals surface area contributed by atoms with Crippen LogP contribution in [0.3, 0.4) is 0 Å². The summed E-state index contributed by atoms with van der Waals surface area (Å²) in [7, 11) is 1.83. The number of rotatable bonds is 6. The van der Waals surface area contributed by atoms with Gasteiger partial charge in [-0.15, -0.1) is 0 Å². The van der Waals surface area contributed by atoms with Crippen LogP contribution < -0.4 is 5.32 Å². The Kier molecular flexibility index (Phi) is 5.74. The number of hydrogen-bond acceptors (Lipinski definition) is 3. The van der Waals surface area contributed by atoms with Crippen LogP contribution >= 0.6 is 0 Å². The third-order valence-corrected chi connectivity index (χ3v) is 3.45. The average molecular weight is 281 g/mol. The first kappa shape index (κ1) is 16.7. The lowest BCUT2D eigenvalue weighted by molar-refractivity contribution is 0.0941. The molecule has 0 saturated heterocycles. The van der Waals surface area contributed by atoms with Gasteiger partial charge in [-0.2, -0.15) is 5.10 Å². The van der Waals surface area contributed by atoms with Crippen molar-refractivity contribution in [1.29, 1.82) is 0 Å². The van der Waals surface area contributed by atoms with Gasteiger partial charge in [0, 0.05) is 31.8 Å². The molecule has 5 heteroatoms.